The Hall–Kier alpha value is -2.48. The lowest BCUT2D eigenvalue weighted by atomic mass is 9.96. The highest BCUT2D eigenvalue weighted by atomic mass is 79.9. The average molecular weight is 512 g/mol. The van der Waals surface area contributed by atoms with Gasteiger partial charge in [0, 0.05) is 37.4 Å². The van der Waals surface area contributed by atoms with E-state index in [9.17, 15) is 18.4 Å². The largest absolute Gasteiger partial charge is 0.341 e. The summed E-state index contributed by atoms with van der Waals surface area (Å²) in [6.45, 7) is 0. The van der Waals surface area contributed by atoms with Crippen LogP contribution in [0, 0.1) is 11.6 Å². The molecule has 1 aliphatic rings. The first-order chi connectivity index (χ1) is 14.2. The monoisotopic (exact) mass is 510 g/mol. The van der Waals surface area contributed by atoms with E-state index in [1.807, 2.05) is 0 Å². The van der Waals surface area contributed by atoms with E-state index >= 15 is 0 Å². The molecule has 0 fully saturated rings. The molecule has 2 amide bonds. The molecule has 2 N–H and O–H groups in total. The number of nitrogens with one attached hydrogen (secondary N) is 2. The van der Waals surface area contributed by atoms with Gasteiger partial charge in [-0.05, 0) is 48.5 Å². The fraction of sp³-hybridized carbons (Fsp3) is 0.0476. The van der Waals surface area contributed by atoms with E-state index in [4.69, 9.17) is 23.2 Å². The molecule has 1 heterocycles. The number of carbonyl (C=O) groups excluding carboxylic acids is 2. The molecule has 152 valence electrons. The Morgan fingerprint density at radius 3 is 2.53 bits per heavy atom. The lowest BCUT2D eigenvalue weighted by molar-refractivity contribution is 0.0959. The highest BCUT2D eigenvalue weighted by molar-refractivity contribution is 9.10. The Kier molecular flexibility index (Phi) is 5.53. The number of halogens is 5. The van der Waals surface area contributed by atoms with Gasteiger partial charge in [-0.15, -0.1) is 0 Å². The predicted molar refractivity (Wildman–Crippen MR) is 114 cm³/mol. The number of hydrogen-bond acceptors (Lipinski definition) is 2. The highest BCUT2D eigenvalue weighted by Crippen LogP contribution is 2.41. The van der Waals surface area contributed by atoms with Crippen LogP contribution in [0.25, 0.3) is 0 Å². The van der Waals surface area contributed by atoms with Crippen molar-refractivity contribution in [3.05, 3.63) is 96.9 Å². The van der Waals surface area contributed by atoms with Crippen molar-refractivity contribution in [3.63, 3.8) is 0 Å². The zero-order chi connectivity index (χ0) is 21.6. The van der Waals surface area contributed by atoms with Crippen LogP contribution in [-0.4, -0.2) is 11.8 Å². The van der Waals surface area contributed by atoms with Gasteiger partial charge in [-0.3, -0.25) is 9.59 Å². The first kappa shape index (κ1) is 20.8. The van der Waals surface area contributed by atoms with Gasteiger partial charge in [0.15, 0.2) is 0 Å². The van der Waals surface area contributed by atoms with E-state index in [1.54, 1.807) is 12.1 Å². The Morgan fingerprint density at radius 1 is 1.03 bits per heavy atom. The third-order valence-corrected chi connectivity index (χ3v) is 5.74. The van der Waals surface area contributed by atoms with Crippen molar-refractivity contribution in [2.24, 2.45) is 0 Å². The first-order valence-electron chi connectivity index (χ1n) is 8.60. The fourth-order valence-corrected chi connectivity index (χ4v) is 4.17. The Labute approximate surface area is 188 Å². The third-order valence-electron chi connectivity index (χ3n) is 4.65. The lowest BCUT2D eigenvalue weighted by Gasteiger charge is -2.18. The lowest BCUT2D eigenvalue weighted by Crippen LogP contribution is -2.21. The van der Waals surface area contributed by atoms with E-state index in [0.29, 0.717) is 26.9 Å². The minimum absolute atomic E-state index is 0.132. The van der Waals surface area contributed by atoms with Crippen LogP contribution in [-0.2, 0) is 0 Å². The molecular formula is C21H11BrCl2F2N2O2. The molecule has 0 saturated carbocycles. The van der Waals surface area contributed by atoms with Crippen molar-refractivity contribution in [1.82, 2.24) is 5.32 Å². The molecule has 0 aliphatic carbocycles. The summed E-state index contributed by atoms with van der Waals surface area (Å²) < 4.78 is 27.8. The van der Waals surface area contributed by atoms with Crippen molar-refractivity contribution in [3.8, 4) is 0 Å². The summed E-state index contributed by atoms with van der Waals surface area (Å²) in [6.07, 6.45) is 0. The van der Waals surface area contributed by atoms with Crippen LogP contribution in [0.1, 0.15) is 37.9 Å². The summed E-state index contributed by atoms with van der Waals surface area (Å²) in [4.78, 5) is 25.3. The maximum absolute atomic E-state index is 13.8. The summed E-state index contributed by atoms with van der Waals surface area (Å²) in [5.74, 6) is -2.11. The molecule has 0 bridgehead atoms. The number of hydrogen-bond donors (Lipinski definition) is 2. The number of amides is 2. The summed E-state index contributed by atoms with van der Waals surface area (Å²) in [5.41, 5.74) is 1.55. The summed E-state index contributed by atoms with van der Waals surface area (Å²) in [6, 6.07) is 9.87. The molecule has 1 unspecified atom stereocenters. The zero-order valence-electron chi connectivity index (χ0n) is 14.9. The molecule has 1 aliphatic heterocycles. The number of benzene rings is 3. The Bertz CT molecular complexity index is 1220. The third kappa shape index (κ3) is 3.80. The maximum atomic E-state index is 13.8. The molecule has 3 aromatic rings. The van der Waals surface area contributed by atoms with Gasteiger partial charge in [0.25, 0.3) is 11.8 Å². The number of fused-ring (bicyclic) bond motifs is 1. The molecule has 3 aromatic carbocycles. The van der Waals surface area contributed by atoms with Crippen LogP contribution in [0.2, 0.25) is 10.0 Å². The SMILES string of the molecule is O=C(Nc1cc(Br)cc2c1C(c1cc(F)ccc1Cl)NC2=O)c1ccc(F)c(Cl)c1. The van der Waals surface area contributed by atoms with Crippen LogP contribution in [0.3, 0.4) is 0 Å². The minimum Gasteiger partial charge on any atom is -0.341 e. The molecule has 0 aromatic heterocycles. The number of rotatable bonds is 3. The quantitative estimate of drug-likeness (QED) is 0.445. The van der Waals surface area contributed by atoms with Gasteiger partial charge in [0.1, 0.15) is 11.6 Å². The molecule has 1 atom stereocenters. The molecule has 0 saturated heterocycles. The van der Waals surface area contributed by atoms with Crippen molar-refractivity contribution >= 4 is 56.6 Å². The van der Waals surface area contributed by atoms with Crippen LogP contribution in [0.4, 0.5) is 14.5 Å². The minimum atomic E-state index is -0.768. The Balaban J connectivity index is 1.79. The van der Waals surface area contributed by atoms with Crippen LogP contribution in [0.5, 0.6) is 0 Å². The fourth-order valence-electron chi connectivity index (χ4n) is 3.30. The molecular weight excluding hydrogens is 501 g/mol. The summed E-state index contributed by atoms with van der Waals surface area (Å²) in [7, 11) is 0. The zero-order valence-corrected chi connectivity index (χ0v) is 18.0. The molecule has 9 heteroatoms. The van der Waals surface area contributed by atoms with Gasteiger partial charge >= 0.3 is 0 Å². The van der Waals surface area contributed by atoms with Gasteiger partial charge in [-0.25, -0.2) is 8.78 Å². The van der Waals surface area contributed by atoms with E-state index in [1.165, 1.54) is 30.3 Å². The molecule has 0 radical (unpaired) electrons. The van der Waals surface area contributed by atoms with Gasteiger partial charge in [0.2, 0.25) is 0 Å². The molecule has 0 spiro atoms. The topological polar surface area (TPSA) is 58.2 Å². The van der Waals surface area contributed by atoms with Crippen LogP contribution >= 0.6 is 39.1 Å². The van der Waals surface area contributed by atoms with Gasteiger partial charge in [-0.2, -0.15) is 0 Å². The smallest absolute Gasteiger partial charge is 0.255 e. The van der Waals surface area contributed by atoms with Crippen molar-refractivity contribution in [2.75, 3.05) is 5.32 Å². The summed E-state index contributed by atoms with van der Waals surface area (Å²) >= 11 is 15.3. The van der Waals surface area contributed by atoms with Gasteiger partial charge in [-0.1, -0.05) is 39.1 Å². The highest BCUT2D eigenvalue weighted by Gasteiger charge is 2.34. The molecule has 30 heavy (non-hydrogen) atoms. The average Bonchev–Trinajstić information content (AvgIpc) is 3.02. The second kappa shape index (κ2) is 7.98. The van der Waals surface area contributed by atoms with Crippen molar-refractivity contribution in [2.45, 2.75) is 6.04 Å². The van der Waals surface area contributed by atoms with Gasteiger partial charge < -0.3 is 10.6 Å². The van der Waals surface area contributed by atoms with Crippen LogP contribution < -0.4 is 10.6 Å². The standard InChI is InChI=1S/C21H11BrCl2F2N2O2/c22-10-6-13-18(19(28-21(13)30)12-8-11(25)2-3-14(12)23)17(7-10)27-20(29)9-1-4-16(26)15(24)5-9/h1-8,19H,(H,27,29)(H,28,30). The summed E-state index contributed by atoms with van der Waals surface area (Å²) in [5, 5.41) is 5.56. The van der Waals surface area contributed by atoms with E-state index in [0.717, 1.165) is 6.07 Å². The second-order valence-electron chi connectivity index (χ2n) is 6.57. The van der Waals surface area contributed by atoms with E-state index in [-0.39, 0.29) is 15.6 Å². The van der Waals surface area contributed by atoms with Crippen molar-refractivity contribution < 1.29 is 18.4 Å². The van der Waals surface area contributed by atoms with E-state index < -0.39 is 29.5 Å². The molecule has 4 rings (SSSR count). The first-order valence-corrected chi connectivity index (χ1v) is 10.1. The second-order valence-corrected chi connectivity index (χ2v) is 8.30. The van der Waals surface area contributed by atoms with Gasteiger partial charge in [0.05, 0.1) is 11.1 Å². The predicted octanol–water partition coefficient (Wildman–Crippen LogP) is 6.12. The maximum Gasteiger partial charge on any atom is 0.255 e. The van der Waals surface area contributed by atoms with E-state index in [2.05, 4.69) is 26.6 Å². The normalized spacial score (nSPS) is 15.0. The van der Waals surface area contributed by atoms with Crippen molar-refractivity contribution in [1.29, 1.82) is 0 Å². The number of carbonyl (C=O) groups is 2. The molecule has 4 nitrogen and oxygen atoms in total. The Morgan fingerprint density at radius 2 is 1.80 bits per heavy atom. The van der Waals surface area contributed by atoms with Crippen LogP contribution in [0.15, 0.2) is 53.0 Å². The number of anilines is 1.